The number of carbonyl (C=O) groups is 3. The van der Waals surface area contributed by atoms with E-state index in [2.05, 4.69) is 5.32 Å². The highest BCUT2D eigenvalue weighted by molar-refractivity contribution is 8.18. The number of nitrogens with zero attached hydrogens (tertiary/aromatic N) is 1. The van der Waals surface area contributed by atoms with Crippen molar-refractivity contribution in [3.63, 3.8) is 0 Å². The predicted octanol–water partition coefficient (Wildman–Crippen LogP) is 5.40. The Labute approximate surface area is 211 Å². The molecule has 0 aliphatic carbocycles. The number of hydrogen-bond acceptors (Lipinski definition) is 6. The lowest BCUT2D eigenvalue weighted by Gasteiger charge is -2.13. The minimum Gasteiger partial charge on any atom is -0.493 e. The number of anilines is 1. The number of nitrogens with one attached hydrogen (secondary N) is 1. The van der Waals surface area contributed by atoms with E-state index in [4.69, 9.17) is 9.47 Å². The van der Waals surface area contributed by atoms with Crippen LogP contribution in [-0.4, -0.2) is 35.7 Å². The normalized spacial score (nSPS) is 14.3. The van der Waals surface area contributed by atoms with Crippen molar-refractivity contribution >= 4 is 40.6 Å². The second-order valence-corrected chi connectivity index (χ2v) is 8.97. The van der Waals surface area contributed by atoms with Gasteiger partial charge in [0.15, 0.2) is 18.1 Å². The standard InChI is InChI=1S/C27H23FN2O5S/c1-17-6-5-8-20(12-17)29-25(31)16-35-22-11-10-18(13-23(22)34-2)14-24-26(32)30(27(33)36-24)15-19-7-3-4-9-21(19)28/h3-14H,15-16H2,1-2H3,(H,29,31)/b24-14-. The number of hydrogen-bond donors (Lipinski definition) is 1. The first kappa shape index (κ1) is 25.0. The van der Waals surface area contributed by atoms with Crippen molar-refractivity contribution < 1.29 is 28.2 Å². The summed E-state index contributed by atoms with van der Waals surface area (Å²) in [6.07, 6.45) is 1.56. The third-order valence-corrected chi connectivity index (χ3v) is 6.21. The number of aryl methyl sites for hydroxylation is 1. The lowest BCUT2D eigenvalue weighted by atomic mass is 10.1. The average molecular weight is 507 g/mol. The molecular formula is C27H23FN2O5S. The number of ether oxygens (including phenoxy) is 2. The highest BCUT2D eigenvalue weighted by Crippen LogP contribution is 2.35. The summed E-state index contributed by atoms with van der Waals surface area (Å²) < 4.78 is 25.0. The first-order valence-electron chi connectivity index (χ1n) is 11.0. The Morgan fingerprint density at radius 1 is 1.06 bits per heavy atom. The van der Waals surface area contributed by atoms with Crippen molar-refractivity contribution in [3.8, 4) is 11.5 Å². The van der Waals surface area contributed by atoms with Crippen molar-refractivity contribution in [1.29, 1.82) is 0 Å². The molecule has 0 aromatic heterocycles. The van der Waals surface area contributed by atoms with E-state index < -0.39 is 17.0 Å². The molecule has 1 saturated heterocycles. The van der Waals surface area contributed by atoms with E-state index in [0.29, 0.717) is 22.7 Å². The lowest BCUT2D eigenvalue weighted by Crippen LogP contribution is -2.27. The van der Waals surface area contributed by atoms with Gasteiger partial charge in [-0.3, -0.25) is 19.3 Å². The monoisotopic (exact) mass is 506 g/mol. The van der Waals surface area contributed by atoms with Gasteiger partial charge in [0, 0.05) is 11.3 Å². The van der Waals surface area contributed by atoms with Gasteiger partial charge in [-0.25, -0.2) is 4.39 Å². The Morgan fingerprint density at radius 3 is 2.61 bits per heavy atom. The number of amides is 3. The number of carbonyl (C=O) groups excluding carboxylic acids is 3. The molecular weight excluding hydrogens is 483 g/mol. The predicted molar refractivity (Wildman–Crippen MR) is 136 cm³/mol. The molecule has 0 radical (unpaired) electrons. The van der Waals surface area contributed by atoms with Crippen LogP contribution in [0.15, 0.2) is 71.6 Å². The summed E-state index contributed by atoms with van der Waals surface area (Å²) in [6.45, 7) is 1.57. The fourth-order valence-electron chi connectivity index (χ4n) is 3.54. The Hall–Kier alpha value is -4.11. The topological polar surface area (TPSA) is 84.9 Å². The molecule has 1 fully saturated rings. The fourth-order valence-corrected chi connectivity index (χ4v) is 4.38. The van der Waals surface area contributed by atoms with Crippen LogP contribution in [0.25, 0.3) is 6.08 Å². The smallest absolute Gasteiger partial charge is 0.293 e. The van der Waals surface area contributed by atoms with Gasteiger partial charge in [0.05, 0.1) is 18.6 Å². The Kier molecular flexibility index (Phi) is 7.70. The zero-order valence-electron chi connectivity index (χ0n) is 19.6. The van der Waals surface area contributed by atoms with E-state index in [1.54, 1.807) is 42.5 Å². The van der Waals surface area contributed by atoms with Crippen molar-refractivity contribution in [1.82, 2.24) is 4.90 Å². The van der Waals surface area contributed by atoms with Crippen LogP contribution in [-0.2, 0) is 16.1 Å². The van der Waals surface area contributed by atoms with Gasteiger partial charge in [-0.1, -0.05) is 36.4 Å². The summed E-state index contributed by atoms with van der Waals surface area (Å²) in [5.41, 5.74) is 2.56. The maximum atomic E-state index is 14.0. The summed E-state index contributed by atoms with van der Waals surface area (Å²) in [5.74, 6) is -0.594. The molecule has 0 saturated carbocycles. The third kappa shape index (κ3) is 5.92. The van der Waals surface area contributed by atoms with Gasteiger partial charge in [0.1, 0.15) is 5.82 Å². The average Bonchev–Trinajstić information content (AvgIpc) is 3.11. The molecule has 4 rings (SSSR count). The van der Waals surface area contributed by atoms with E-state index in [1.807, 2.05) is 25.1 Å². The van der Waals surface area contributed by atoms with Gasteiger partial charge in [-0.15, -0.1) is 0 Å². The highest BCUT2D eigenvalue weighted by atomic mass is 32.2. The van der Waals surface area contributed by atoms with E-state index in [-0.39, 0.29) is 29.5 Å². The molecule has 3 aromatic rings. The number of imide groups is 1. The molecule has 1 aliphatic heterocycles. The first-order valence-corrected chi connectivity index (χ1v) is 11.8. The van der Waals surface area contributed by atoms with Gasteiger partial charge < -0.3 is 14.8 Å². The molecule has 0 unspecified atom stereocenters. The summed E-state index contributed by atoms with van der Waals surface area (Å²) in [6, 6.07) is 18.4. The van der Waals surface area contributed by atoms with E-state index in [9.17, 15) is 18.8 Å². The zero-order valence-corrected chi connectivity index (χ0v) is 20.4. The van der Waals surface area contributed by atoms with Crippen molar-refractivity contribution in [2.75, 3.05) is 19.0 Å². The molecule has 3 amide bonds. The molecule has 0 atom stereocenters. The van der Waals surface area contributed by atoms with Gasteiger partial charge in [-0.05, 0) is 66.2 Å². The molecule has 0 spiro atoms. The SMILES string of the molecule is COc1cc(/C=C2\SC(=O)N(Cc3ccccc3F)C2=O)ccc1OCC(=O)Nc1cccc(C)c1. The summed E-state index contributed by atoms with van der Waals surface area (Å²) in [7, 11) is 1.46. The molecule has 1 N–H and O–H groups in total. The number of rotatable bonds is 8. The number of methoxy groups -OCH3 is 1. The summed E-state index contributed by atoms with van der Waals surface area (Å²) in [5, 5.41) is 2.30. The van der Waals surface area contributed by atoms with Gasteiger partial charge in [-0.2, -0.15) is 0 Å². The molecule has 184 valence electrons. The van der Waals surface area contributed by atoms with Crippen LogP contribution in [0.4, 0.5) is 14.9 Å². The van der Waals surface area contributed by atoms with Crippen LogP contribution in [0.2, 0.25) is 0 Å². The van der Waals surface area contributed by atoms with Crippen LogP contribution in [0.5, 0.6) is 11.5 Å². The molecule has 1 aliphatic rings. The molecule has 7 nitrogen and oxygen atoms in total. The Balaban J connectivity index is 1.43. The van der Waals surface area contributed by atoms with Crippen LogP contribution < -0.4 is 14.8 Å². The summed E-state index contributed by atoms with van der Waals surface area (Å²) >= 11 is 0.787. The van der Waals surface area contributed by atoms with Crippen LogP contribution in [0, 0.1) is 12.7 Å². The second-order valence-electron chi connectivity index (χ2n) is 7.98. The molecule has 9 heteroatoms. The molecule has 0 bridgehead atoms. The lowest BCUT2D eigenvalue weighted by molar-refractivity contribution is -0.123. The molecule has 36 heavy (non-hydrogen) atoms. The Morgan fingerprint density at radius 2 is 1.86 bits per heavy atom. The fraction of sp³-hybridized carbons (Fsp3) is 0.148. The van der Waals surface area contributed by atoms with Crippen LogP contribution in [0.1, 0.15) is 16.7 Å². The minimum absolute atomic E-state index is 0.143. The van der Waals surface area contributed by atoms with E-state index in [1.165, 1.54) is 19.2 Å². The maximum absolute atomic E-state index is 14.0. The number of thioether (sulfide) groups is 1. The quantitative estimate of drug-likeness (QED) is 0.412. The first-order chi connectivity index (χ1) is 17.3. The van der Waals surface area contributed by atoms with Crippen molar-refractivity contribution in [2.24, 2.45) is 0 Å². The van der Waals surface area contributed by atoms with Crippen molar-refractivity contribution in [2.45, 2.75) is 13.5 Å². The minimum atomic E-state index is -0.500. The number of benzene rings is 3. The third-order valence-electron chi connectivity index (χ3n) is 5.31. The molecule has 3 aromatic carbocycles. The molecule has 1 heterocycles. The van der Waals surface area contributed by atoms with Gasteiger partial charge in [0.2, 0.25) is 0 Å². The second kappa shape index (κ2) is 11.1. The van der Waals surface area contributed by atoms with Crippen LogP contribution in [0.3, 0.4) is 0 Å². The Bertz CT molecular complexity index is 1360. The van der Waals surface area contributed by atoms with Crippen LogP contribution >= 0.6 is 11.8 Å². The highest BCUT2D eigenvalue weighted by Gasteiger charge is 2.35. The largest absolute Gasteiger partial charge is 0.493 e. The van der Waals surface area contributed by atoms with E-state index in [0.717, 1.165) is 22.2 Å². The number of halogens is 1. The van der Waals surface area contributed by atoms with Gasteiger partial charge >= 0.3 is 0 Å². The van der Waals surface area contributed by atoms with Gasteiger partial charge in [0.25, 0.3) is 17.1 Å². The van der Waals surface area contributed by atoms with Crippen molar-refractivity contribution in [3.05, 3.63) is 94.1 Å². The zero-order chi connectivity index (χ0) is 25.7. The van der Waals surface area contributed by atoms with E-state index >= 15 is 0 Å². The maximum Gasteiger partial charge on any atom is 0.293 e. The summed E-state index contributed by atoms with van der Waals surface area (Å²) in [4.78, 5) is 38.7.